The second-order valence-corrected chi connectivity index (χ2v) is 8.63. The Kier molecular flexibility index (Phi) is 5.26. The fourth-order valence-electron chi connectivity index (χ4n) is 5.06. The van der Waals surface area contributed by atoms with E-state index in [1.807, 2.05) is 10.9 Å². The first-order valence-electron chi connectivity index (χ1n) is 11.0. The third-order valence-corrected chi connectivity index (χ3v) is 6.70. The third kappa shape index (κ3) is 3.77. The number of anilines is 1. The van der Waals surface area contributed by atoms with Gasteiger partial charge in [-0.15, -0.1) is 0 Å². The molecule has 3 aliphatic rings. The molecule has 0 radical (unpaired) electrons. The zero-order valence-electron chi connectivity index (χ0n) is 17.1. The van der Waals surface area contributed by atoms with Crippen LogP contribution in [0.1, 0.15) is 49.5 Å². The molecule has 5 heterocycles. The summed E-state index contributed by atoms with van der Waals surface area (Å²) in [5, 5.41) is 8.15. The summed E-state index contributed by atoms with van der Waals surface area (Å²) in [4.78, 5) is 7.39. The van der Waals surface area contributed by atoms with Crippen molar-refractivity contribution < 1.29 is 0 Å². The second kappa shape index (κ2) is 8.02. The standard InChI is InChI=1S/C21H32N8/c1-2-29-12-14(10-24-29)18-9-16-19(11-23-18)26-27-21(16)17-6-3-7-20(25-17)28-8-4-5-15(22)13-28/h3,6-7,10,12,15-16,18-19,21,23,26-27H,2,4-5,8-9,11,13,22H2,1H3/t15-,16?,18?,19?,21?/m0/s1. The monoisotopic (exact) mass is 396 g/mol. The molecule has 29 heavy (non-hydrogen) atoms. The van der Waals surface area contributed by atoms with Crippen molar-refractivity contribution in [2.45, 2.75) is 56.9 Å². The molecular formula is C21H32N8. The molecule has 3 aliphatic heterocycles. The highest BCUT2D eigenvalue weighted by molar-refractivity contribution is 5.41. The molecule has 0 bridgehead atoms. The normalized spacial score (nSPS) is 32.3. The van der Waals surface area contributed by atoms with E-state index in [1.54, 1.807) is 0 Å². The van der Waals surface area contributed by atoms with Crippen molar-refractivity contribution >= 4 is 5.82 Å². The first-order chi connectivity index (χ1) is 14.2. The Morgan fingerprint density at radius 1 is 1.28 bits per heavy atom. The zero-order chi connectivity index (χ0) is 19.8. The quantitative estimate of drug-likeness (QED) is 0.614. The molecular weight excluding hydrogens is 364 g/mol. The summed E-state index contributed by atoms with van der Waals surface area (Å²) in [6.45, 7) is 5.90. The van der Waals surface area contributed by atoms with Gasteiger partial charge in [0, 0.05) is 62.0 Å². The topological polar surface area (TPSA) is 96.1 Å². The minimum absolute atomic E-state index is 0.212. The molecule has 156 valence electrons. The number of pyridine rings is 1. The molecule has 5 N–H and O–H groups in total. The van der Waals surface area contributed by atoms with Crippen LogP contribution in [0.15, 0.2) is 30.6 Å². The molecule has 8 heteroatoms. The highest BCUT2D eigenvalue weighted by atomic mass is 15.4. The van der Waals surface area contributed by atoms with E-state index >= 15 is 0 Å². The van der Waals surface area contributed by atoms with Gasteiger partial charge in [0.15, 0.2) is 0 Å². The van der Waals surface area contributed by atoms with Gasteiger partial charge in [-0.25, -0.2) is 10.4 Å². The summed E-state index contributed by atoms with van der Waals surface area (Å²) in [5.74, 6) is 1.54. The molecule has 3 fully saturated rings. The van der Waals surface area contributed by atoms with E-state index in [2.05, 4.69) is 57.5 Å². The van der Waals surface area contributed by atoms with E-state index in [0.717, 1.165) is 57.0 Å². The number of nitrogens with two attached hydrogens (primary N) is 1. The van der Waals surface area contributed by atoms with Crippen LogP contribution >= 0.6 is 0 Å². The average Bonchev–Trinajstić information content (AvgIpc) is 3.40. The van der Waals surface area contributed by atoms with Crippen LogP contribution in [0.25, 0.3) is 0 Å². The van der Waals surface area contributed by atoms with Gasteiger partial charge in [-0.1, -0.05) is 6.07 Å². The van der Waals surface area contributed by atoms with E-state index in [4.69, 9.17) is 10.7 Å². The SMILES string of the molecule is CCn1cc(C2CC3C(CN2)NNC3c2cccc(N3CCC[C@H](N)C3)n2)cn1. The van der Waals surface area contributed by atoms with Crippen molar-refractivity contribution in [2.75, 3.05) is 24.5 Å². The van der Waals surface area contributed by atoms with Crippen molar-refractivity contribution in [3.05, 3.63) is 41.9 Å². The smallest absolute Gasteiger partial charge is 0.128 e. The van der Waals surface area contributed by atoms with Gasteiger partial charge in [0.1, 0.15) is 5.82 Å². The Labute approximate surface area is 172 Å². The molecule has 2 aromatic rings. The summed E-state index contributed by atoms with van der Waals surface area (Å²) in [7, 11) is 0. The molecule has 0 aromatic carbocycles. The van der Waals surface area contributed by atoms with Gasteiger partial charge in [-0.2, -0.15) is 5.10 Å². The maximum absolute atomic E-state index is 6.19. The number of hydrogen-bond acceptors (Lipinski definition) is 7. The van der Waals surface area contributed by atoms with Crippen molar-refractivity contribution in [2.24, 2.45) is 11.7 Å². The summed E-state index contributed by atoms with van der Waals surface area (Å²) in [5.41, 5.74) is 15.6. The maximum atomic E-state index is 6.19. The Balaban J connectivity index is 1.34. The van der Waals surface area contributed by atoms with Crippen molar-refractivity contribution in [3.8, 4) is 0 Å². The molecule has 0 saturated carbocycles. The van der Waals surface area contributed by atoms with Gasteiger partial charge < -0.3 is 16.0 Å². The number of nitrogens with zero attached hydrogens (tertiary/aromatic N) is 4. The fourth-order valence-corrected chi connectivity index (χ4v) is 5.06. The minimum Gasteiger partial charge on any atom is -0.355 e. The molecule has 3 saturated heterocycles. The highest BCUT2D eigenvalue weighted by Crippen LogP contribution is 2.38. The van der Waals surface area contributed by atoms with Crippen molar-refractivity contribution in [3.63, 3.8) is 0 Å². The molecule has 0 aliphatic carbocycles. The van der Waals surface area contributed by atoms with E-state index < -0.39 is 0 Å². The number of piperidine rings is 2. The average molecular weight is 397 g/mol. The van der Waals surface area contributed by atoms with Crippen LogP contribution in [0.2, 0.25) is 0 Å². The number of aromatic nitrogens is 3. The van der Waals surface area contributed by atoms with E-state index in [9.17, 15) is 0 Å². The Morgan fingerprint density at radius 3 is 3.03 bits per heavy atom. The highest BCUT2D eigenvalue weighted by Gasteiger charge is 2.42. The van der Waals surface area contributed by atoms with Crippen LogP contribution < -0.4 is 26.8 Å². The lowest BCUT2D eigenvalue weighted by Crippen LogP contribution is -2.46. The van der Waals surface area contributed by atoms with Gasteiger partial charge in [-0.05, 0) is 38.3 Å². The van der Waals surface area contributed by atoms with Gasteiger partial charge >= 0.3 is 0 Å². The van der Waals surface area contributed by atoms with E-state index in [0.29, 0.717) is 18.0 Å². The minimum atomic E-state index is 0.212. The zero-order valence-corrected chi connectivity index (χ0v) is 17.1. The van der Waals surface area contributed by atoms with Gasteiger partial charge in [-0.3, -0.25) is 10.1 Å². The number of rotatable bonds is 4. The van der Waals surface area contributed by atoms with Crippen LogP contribution in [-0.2, 0) is 6.54 Å². The van der Waals surface area contributed by atoms with Crippen LogP contribution in [0.4, 0.5) is 5.82 Å². The second-order valence-electron chi connectivity index (χ2n) is 8.63. The molecule has 4 unspecified atom stereocenters. The predicted molar refractivity (Wildman–Crippen MR) is 113 cm³/mol. The fraction of sp³-hybridized carbons (Fsp3) is 0.619. The largest absolute Gasteiger partial charge is 0.355 e. The lowest BCUT2D eigenvalue weighted by atomic mass is 9.82. The third-order valence-electron chi connectivity index (χ3n) is 6.70. The molecule has 2 aromatic heterocycles. The number of hydrazine groups is 1. The van der Waals surface area contributed by atoms with E-state index in [1.165, 1.54) is 5.56 Å². The summed E-state index contributed by atoms with van der Waals surface area (Å²) in [6, 6.07) is 7.61. The van der Waals surface area contributed by atoms with Crippen molar-refractivity contribution in [1.29, 1.82) is 0 Å². The first-order valence-corrected chi connectivity index (χ1v) is 11.0. The lowest BCUT2D eigenvalue weighted by molar-refractivity contribution is 0.265. The lowest BCUT2D eigenvalue weighted by Gasteiger charge is -2.34. The van der Waals surface area contributed by atoms with Crippen LogP contribution in [0, 0.1) is 5.92 Å². The maximum Gasteiger partial charge on any atom is 0.128 e. The van der Waals surface area contributed by atoms with Gasteiger partial charge in [0.2, 0.25) is 0 Å². The Morgan fingerprint density at radius 2 is 2.21 bits per heavy atom. The Hall–Kier alpha value is -2.00. The first kappa shape index (κ1) is 19.0. The molecule has 0 spiro atoms. The van der Waals surface area contributed by atoms with Gasteiger partial charge in [0.25, 0.3) is 0 Å². The summed E-state index contributed by atoms with van der Waals surface area (Å²) < 4.78 is 2.00. The molecule has 5 rings (SSSR count). The number of hydrogen-bond donors (Lipinski definition) is 4. The molecule has 0 amide bonds. The van der Waals surface area contributed by atoms with Crippen molar-refractivity contribution in [1.82, 2.24) is 30.9 Å². The summed E-state index contributed by atoms with van der Waals surface area (Å²) >= 11 is 0. The van der Waals surface area contributed by atoms with Crippen LogP contribution in [0.5, 0.6) is 0 Å². The molecule has 8 nitrogen and oxygen atoms in total. The number of fused-ring (bicyclic) bond motifs is 1. The number of aryl methyl sites for hydroxylation is 1. The van der Waals surface area contributed by atoms with Gasteiger partial charge in [0.05, 0.1) is 17.9 Å². The van der Waals surface area contributed by atoms with E-state index in [-0.39, 0.29) is 12.1 Å². The van der Waals surface area contributed by atoms with Crippen LogP contribution in [0.3, 0.4) is 0 Å². The summed E-state index contributed by atoms with van der Waals surface area (Å²) in [6.07, 6.45) is 7.48. The number of nitrogens with one attached hydrogen (secondary N) is 3. The Bertz CT molecular complexity index is 836. The molecule has 5 atom stereocenters. The van der Waals surface area contributed by atoms with Crippen LogP contribution in [-0.4, -0.2) is 46.5 Å². The predicted octanol–water partition coefficient (Wildman–Crippen LogP) is 1.09.